The van der Waals surface area contributed by atoms with Gasteiger partial charge in [-0.1, -0.05) is 48.5 Å². The highest BCUT2D eigenvalue weighted by molar-refractivity contribution is 5.84. The fraction of sp³-hybridized carbons (Fsp3) is 0.333. The first-order valence-corrected chi connectivity index (χ1v) is 11.9. The van der Waals surface area contributed by atoms with Crippen LogP contribution in [0.2, 0.25) is 0 Å². The molecule has 1 saturated heterocycles. The molecular formula is C27H29N5O2. The molecule has 7 heteroatoms. The lowest BCUT2D eigenvalue weighted by Crippen LogP contribution is -2.42. The molecular weight excluding hydrogens is 426 g/mol. The van der Waals surface area contributed by atoms with Gasteiger partial charge in [0.15, 0.2) is 5.52 Å². The molecule has 2 aromatic heterocycles. The molecule has 1 aliphatic rings. The van der Waals surface area contributed by atoms with Gasteiger partial charge in [0.25, 0.3) is 5.56 Å². The monoisotopic (exact) mass is 455 g/mol. The van der Waals surface area contributed by atoms with Crippen molar-refractivity contribution in [2.75, 3.05) is 13.1 Å². The highest BCUT2D eigenvalue weighted by atomic mass is 16.2. The first kappa shape index (κ1) is 22.1. The van der Waals surface area contributed by atoms with Crippen LogP contribution < -0.4 is 5.56 Å². The molecule has 34 heavy (non-hydrogen) atoms. The molecule has 5 rings (SSSR count). The van der Waals surface area contributed by atoms with Gasteiger partial charge in [0.2, 0.25) is 5.91 Å². The van der Waals surface area contributed by atoms with Gasteiger partial charge < -0.3 is 4.90 Å². The number of nitrogens with zero attached hydrogens (tertiary/aromatic N) is 5. The third-order valence-corrected chi connectivity index (χ3v) is 6.81. The average Bonchev–Trinajstić information content (AvgIpc) is 3.22. The molecule has 174 valence electrons. The third-order valence-electron chi connectivity index (χ3n) is 6.81. The number of amides is 1. The van der Waals surface area contributed by atoms with Crippen LogP contribution in [0, 0.1) is 19.8 Å². The summed E-state index contributed by atoms with van der Waals surface area (Å²) in [6, 6.07) is 20.2. The second-order valence-electron chi connectivity index (χ2n) is 9.12. The van der Waals surface area contributed by atoms with Crippen LogP contribution >= 0.6 is 0 Å². The SMILES string of the molecule is Cc1nn(CC(=O)N2CCC(Cc3ccccc3)CC2)c(=O)c2nn(-c3ccccc3)c(C)c12. The minimum atomic E-state index is -0.328. The van der Waals surface area contributed by atoms with Crippen LogP contribution in [0.4, 0.5) is 0 Å². The zero-order chi connectivity index (χ0) is 23.7. The Kier molecular flexibility index (Phi) is 6.01. The third kappa shape index (κ3) is 4.25. The molecule has 7 nitrogen and oxygen atoms in total. The van der Waals surface area contributed by atoms with Crippen molar-refractivity contribution in [3.63, 3.8) is 0 Å². The standard InChI is InChI=1S/C27H29N5O2/c1-19-25-20(2)32(23-11-7-4-8-12-23)29-26(25)27(34)31(28-19)18-24(33)30-15-13-22(14-16-30)17-21-9-5-3-6-10-21/h3-12,22H,13-18H2,1-2H3. The molecule has 0 unspecified atom stereocenters. The Balaban J connectivity index is 1.32. The Morgan fingerprint density at radius 1 is 0.941 bits per heavy atom. The van der Waals surface area contributed by atoms with E-state index < -0.39 is 0 Å². The number of fused-ring (bicyclic) bond motifs is 1. The van der Waals surface area contributed by atoms with Gasteiger partial charge in [0.05, 0.1) is 22.5 Å². The fourth-order valence-electron chi connectivity index (χ4n) is 4.97. The van der Waals surface area contributed by atoms with Crippen LogP contribution in [0.3, 0.4) is 0 Å². The normalized spacial score (nSPS) is 14.6. The fourth-order valence-corrected chi connectivity index (χ4v) is 4.97. The minimum absolute atomic E-state index is 0.0593. The van der Waals surface area contributed by atoms with Gasteiger partial charge in [-0.2, -0.15) is 10.2 Å². The molecule has 0 radical (unpaired) electrons. The van der Waals surface area contributed by atoms with Gasteiger partial charge in [-0.05, 0) is 56.7 Å². The van der Waals surface area contributed by atoms with Crippen LogP contribution in [-0.4, -0.2) is 43.5 Å². The number of hydrogen-bond donors (Lipinski definition) is 0. The van der Waals surface area contributed by atoms with Crippen molar-refractivity contribution < 1.29 is 4.79 Å². The predicted molar refractivity (Wildman–Crippen MR) is 132 cm³/mol. The predicted octanol–water partition coefficient (Wildman–Crippen LogP) is 3.68. The number of aromatic nitrogens is 4. The van der Waals surface area contributed by atoms with Gasteiger partial charge in [-0.3, -0.25) is 9.59 Å². The number of benzene rings is 2. The lowest BCUT2D eigenvalue weighted by Gasteiger charge is -2.32. The maximum Gasteiger partial charge on any atom is 0.295 e. The summed E-state index contributed by atoms with van der Waals surface area (Å²) in [4.78, 5) is 28.1. The van der Waals surface area contributed by atoms with E-state index >= 15 is 0 Å². The summed E-state index contributed by atoms with van der Waals surface area (Å²) in [6.07, 6.45) is 2.99. The Labute approximate surface area is 198 Å². The number of para-hydroxylation sites is 1. The van der Waals surface area contributed by atoms with Crippen LogP contribution in [0.1, 0.15) is 29.8 Å². The van der Waals surface area contributed by atoms with E-state index in [1.165, 1.54) is 10.2 Å². The second kappa shape index (κ2) is 9.25. The molecule has 0 N–H and O–H groups in total. The quantitative estimate of drug-likeness (QED) is 0.460. The lowest BCUT2D eigenvalue weighted by atomic mass is 9.90. The van der Waals surface area contributed by atoms with Crippen molar-refractivity contribution in [2.24, 2.45) is 5.92 Å². The molecule has 1 fully saturated rings. The maximum atomic E-state index is 13.2. The number of aryl methyl sites for hydroxylation is 2. The summed E-state index contributed by atoms with van der Waals surface area (Å²) in [5, 5.41) is 9.82. The van der Waals surface area contributed by atoms with Crippen LogP contribution in [0.25, 0.3) is 16.6 Å². The zero-order valence-electron chi connectivity index (χ0n) is 19.6. The zero-order valence-corrected chi connectivity index (χ0v) is 19.6. The van der Waals surface area contributed by atoms with E-state index in [-0.39, 0.29) is 18.0 Å². The number of hydrogen-bond acceptors (Lipinski definition) is 4. The molecule has 1 amide bonds. The summed E-state index contributed by atoms with van der Waals surface area (Å²) >= 11 is 0. The van der Waals surface area contributed by atoms with E-state index in [1.54, 1.807) is 4.68 Å². The molecule has 2 aromatic carbocycles. The number of piperidine rings is 1. The number of carbonyl (C=O) groups is 1. The Hall–Kier alpha value is -3.74. The smallest absolute Gasteiger partial charge is 0.295 e. The summed E-state index contributed by atoms with van der Waals surface area (Å²) in [7, 11) is 0. The summed E-state index contributed by atoms with van der Waals surface area (Å²) in [6.45, 7) is 5.17. The first-order chi connectivity index (χ1) is 16.5. The van der Waals surface area contributed by atoms with E-state index in [0.29, 0.717) is 30.2 Å². The van der Waals surface area contributed by atoms with Gasteiger partial charge >= 0.3 is 0 Å². The van der Waals surface area contributed by atoms with Crippen molar-refractivity contribution >= 4 is 16.8 Å². The maximum absolute atomic E-state index is 13.2. The molecule has 0 atom stereocenters. The van der Waals surface area contributed by atoms with E-state index in [2.05, 4.69) is 34.5 Å². The van der Waals surface area contributed by atoms with Crippen molar-refractivity contribution in [3.8, 4) is 5.69 Å². The second-order valence-corrected chi connectivity index (χ2v) is 9.12. The summed E-state index contributed by atoms with van der Waals surface area (Å²) < 4.78 is 3.04. The molecule has 0 saturated carbocycles. The van der Waals surface area contributed by atoms with Crippen molar-refractivity contribution in [1.82, 2.24) is 24.5 Å². The summed E-state index contributed by atoms with van der Waals surface area (Å²) in [5.74, 6) is 0.515. The lowest BCUT2D eigenvalue weighted by molar-refractivity contribution is -0.133. The number of carbonyl (C=O) groups excluding carboxylic acids is 1. The Morgan fingerprint density at radius 2 is 1.59 bits per heavy atom. The van der Waals surface area contributed by atoms with Gasteiger partial charge in [0.1, 0.15) is 6.54 Å². The van der Waals surface area contributed by atoms with Gasteiger partial charge in [0, 0.05) is 13.1 Å². The van der Waals surface area contributed by atoms with Gasteiger partial charge in [-0.25, -0.2) is 9.36 Å². The van der Waals surface area contributed by atoms with E-state index in [9.17, 15) is 9.59 Å². The minimum Gasteiger partial charge on any atom is -0.341 e. The van der Waals surface area contributed by atoms with E-state index in [1.807, 2.05) is 55.1 Å². The topological polar surface area (TPSA) is 73.0 Å². The van der Waals surface area contributed by atoms with E-state index in [0.717, 1.165) is 36.0 Å². The Bertz CT molecular complexity index is 1370. The molecule has 0 bridgehead atoms. The largest absolute Gasteiger partial charge is 0.341 e. The number of likely N-dealkylation sites (tertiary alicyclic amines) is 1. The Morgan fingerprint density at radius 3 is 2.26 bits per heavy atom. The van der Waals surface area contributed by atoms with Crippen LogP contribution in [0.5, 0.6) is 0 Å². The first-order valence-electron chi connectivity index (χ1n) is 11.9. The number of rotatable bonds is 5. The van der Waals surface area contributed by atoms with Crippen molar-refractivity contribution in [1.29, 1.82) is 0 Å². The molecule has 0 aliphatic carbocycles. The average molecular weight is 456 g/mol. The molecule has 0 spiro atoms. The van der Waals surface area contributed by atoms with Crippen molar-refractivity contribution in [3.05, 3.63) is 88.0 Å². The molecule has 4 aromatic rings. The molecule has 3 heterocycles. The van der Waals surface area contributed by atoms with Crippen LogP contribution in [-0.2, 0) is 17.8 Å². The molecule has 1 aliphatic heterocycles. The summed E-state index contributed by atoms with van der Waals surface area (Å²) in [5.41, 5.74) is 3.81. The highest BCUT2D eigenvalue weighted by Gasteiger charge is 2.25. The highest BCUT2D eigenvalue weighted by Crippen LogP contribution is 2.23. The van der Waals surface area contributed by atoms with E-state index in [4.69, 9.17) is 0 Å². The van der Waals surface area contributed by atoms with Crippen LogP contribution in [0.15, 0.2) is 65.5 Å². The van der Waals surface area contributed by atoms with Crippen molar-refractivity contribution in [2.45, 2.75) is 39.7 Å². The van der Waals surface area contributed by atoms with Gasteiger partial charge in [-0.15, -0.1) is 0 Å².